The summed E-state index contributed by atoms with van der Waals surface area (Å²) >= 11 is 0. The van der Waals surface area contributed by atoms with E-state index >= 15 is 0 Å². The fourth-order valence-corrected chi connectivity index (χ4v) is 2.84. The monoisotopic (exact) mass is 364 g/mol. The number of nitrogens with zero attached hydrogens (tertiary/aromatic N) is 1. The molecule has 0 radical (unpaired) electrons. The highest BCUT2D eigenvalue weighted by Crippen LogP contribution is 2.24. The molecule has 3 rings (SSSR count). The molecular weight excluding hydrogens is 342 g/mol. The van der Waals surface area contributed by atoms with Crippen LogP contribution >= 0.6 is 0 Å². The summed E-state index contributed by atoms with van der Waals surface area (Å²) in [4.78, 5) is 24.3. The lowest BCUT2D eigenvalue weighted by molar-refractivity contribution is -0.119. The van der Waals surface area contributed by atoms with Crippen molar-refractivity contribution in [2.45, 2.75) is 26.9 Å². The molecule has 0 saturated carbocycles. The number of benzene rings is 1. The normalized spacial score (nSPS) is 22.3. The van der Waals surface area contributed by atoms with Gasteiger partial charge in [0.2, 0.25) is 5.91 Å². The van der Waals surface area contributed by atoms with Gasteiger partial charge in [-0.3, -0.25) is 9.69 Å². The smallest absolute Gasteiger partial charge is 0.442 e. The molecule has 0 bridgehead atoms. The SMILES string of the molecule is CC(=O)NC[C@H]1CN(c2ccc(B3OCC(C)(C)CO3)c(F)c2)C(=O)O1. The van der Waals surface area contributed by atoms with Crippen molar-refractivity contribution in [2.75, 3.05) is 31.2 Å². The van der Waals surface area contributed by atoms with Crippen molar-refractivity contribution in [3.63, 3.8) is 0 Å². The van der Waals surface area contributed by atoms with Crippen LogP contribution in [0.2, 0.25) is 0 Å². The van der Waals surface area contributed by atoms with Crippen LogP contribution in [0, 0.1) is 11.2 Å². The Hall–Kier alpha value is -2.13. The molecule has 9 heteroatoms. The van der Waals surface area contributed by atoms with Crippen molar-refractivity contribution in [3.05, 3.63) is 24.0 Å². The number of nitrogens with one attached hydrogen (secondary N) is 1. The summed E-state index contributed by atoms with van der Waals surface area (Å²) in [5, 5.41) is 2.60. The van der Waals surface area contributed by atoms with Gasteiger partial charge in [-0.2, -0.15) is 0 Å². The molecule has 2 saturated heterocycles. The molecule has 1 N–H and O–H groups in total. The number of anilines is 1. The van der Waals surface area contributed by atoms with Gasteiger partial charge in [-0.15, -0.1) is 0 Å². The maximum atomic E-state index is 14.6. The van der Waals surface area contributed by atoms with E-state index in [0.29, 0.717) is 24.4 Å². The minimum Gasteiger partial charge on any atom is -0.442 e. The van der Waals surface area contributed by atoms with E-state index in [9.17, 15) is 14.0 Å². The third-order valence-electron chi connectivity index (χ3n) is 4.25. The van der Waals surface area contributed by atoms with E-state index in [4.69, 9.17) is 14.0 Å². The Labute approximate surface area is 151 Å². The van der Waals surface area contributed by atoms with Crippen LogP contribution in [0.15, 0.2) is 18.2 Å². The Bertz CT molecular complexity index is 704. The molecule has 0 aromatic heterocycles. The summed E-state index contributed by atoms with van der Waals surface area (Å²) in [6.07, 6.45) is -1.04. The summed E-state index contributed by atoms with van der Waals surface area (Å²) in [5.41, 5.74) is 0.583. The largest absolute Gasteiger partial charge is 0.496 e. The molecule has 0 aliphatic carbocycles. The number of carbonyl (C=O) groups excluding carboxylic acids is 2. The molecule has 1 aromatic rings. The van der Waals surface area contributed by atoms with Crippen molar-refractivity contribution < 1.29 is 28.0 Å². The van der Waals surface area contributed by atoms with Gasteiger partial charge in [-0.25, -0.2) is 9.18 Å². The van der Waals surface area contributed by atoms with Crippen molar-refractivity contribution in [3.8, 4) is 0 Å². The first kappa shape index (κ1) is 18.7. The first-order valence-corrected chi connectivity index (χ1v) is 8.50. The van der Waals surface area contributed by atoms with Gasteiger partial charge >= 0.3 is 13.2 Å². The highest BCUT2D eigenvalue weighted by Gasteiger charge is 2.36. The zero-order valence-electron chi connectivity index (χ0n) is 15.1. The van der Waals surface area contributed by atoms with Crippen LogP contribution in [0.25, 0.3) is 0 Å². The maximum Gasteiger partial charge on any atom is 0.496 e. The minimum absolute atomic E-state index is 0.102. The Morgan fingerprint density at radius 1 is 1.38 bits per heavy atom. The van der Waals surface area contributed by atoms with Gasteiger partial charge in [0.05, 0.1) is 18.8 Å². The van der Waals surface area contributed by atoms with Crippen LogP contribution in [0.3, 0.4) is 0 Å². The quantitative estimate of drug-likeness (QED) is 0.809. The number of amides is 2. The lowest BCUT2D eigenvalue weighted by Crippen LogP contribution is -2.48. The molecule has 2 heterocycles. The van der Waals surface area contributed by atoms with Gasteiger partial charge in [0, 0.05) is 31.0 Å². The average molecular weight is 364 g/mol. The predicted octanol–water partition coefficient (Wildman–Crippen LogP) is 1.06. The van der Waals surface area contributed by atoms with Crippen molar-refractivity contribution in [1.29, 1.82) is 0 Å². The van der Waals surface area contributed by atoms with Crippen LogP contribution in [0.4, 0.5) is 14.9 Å². The third-order valence-corrected chi connectivity index (χ3v) is 4.25. The average Bonchev–Trinajstić information content (AvgIpc) is 2.94. The highest BCUT2D eigenvalue weighted by atomic mass is 19.1. The number of carbonyl (C=O) groups is 2. The fourth-order valence-electron chi connectivity index (χ4n) is 2.84. The standard InChI is InChI=1S/C17H22BFN2O5/c1-11(22)20-7-13-8-21(16(23)26-13)12-4-5-14(15(19)6-12)18-24-9-17(2,3)10-25-18/h4-6,13H,7-10H2,1-3H3,(H,20,22)/t13-/m0/s1. The summed E-state index contributed by atoms with van der Waals surface area (Å²) in [7, 11) is -0.755. The zero-order chi connectivity index (χ0) is 18.9. The summed E-state index contributed by atoms with van der Waals surface area (Å²) < 4.78 is 31.0. The second-order valence-corrected chi connectivity index (χ2v) is 7.38. The van der Waals surface area contributed by atoms with Gasteiger partial charge in [0.1, 0.15) is 11.9 Å². The fraction of sp³-hybridized carbons (Fsp3) is 0.529. The van der Waals surface area contributed by atoms with Crippen LogP contribution < -0.4 is 15.7 Å². The molecule has 1 aromatic carbocycles. The molecule has 0 spiro atoms. The molecule has 2 amide bonds. The molecule has 7 nitrogen and oxygen atoms in total. The topological polar surface area (TPSA) is 77.1 Å². The summed E-state index contributed by atoms with van der Waals surface area (Å²) in [5.74, 6) is -0.712. The first-order chi connectivity index (χ1) is 12.2. The third kappa shape index (κ3) is 4.16. The van der Waals surface area contributed by atoms with E-state index in [1.54, 1.807) is 12.1 Å². The Morgan fingerprint density at radius 3 is 2.69 bits per heavy atom. The van der Waals surface area contributed by atoms with E-state index in [1.165, 1.54) is 17.9 Å². The van der Waals surface area contributed by atoms with Crippen molar-refractivity contribution in [2.24, 2.45) is 5.41 Å². The molecule has 2 aliphatic rings. The van der Waals surface area contributed by atoms with Crippen LogP contribution in [0.5, 0.6) is 0 Å². The van der Waals surface area contributed by atoms with E-state index in [2.05, 4.69) is 5.32 Å². The number of hydrogen-bond acceptors (Lipinski definition) is 5. The maximum absolute atomic E-state index is 14.6. The molecule has 0 unspecified atom stereocenters. The number of rotatable bonds is 4. The second-order valence-electron chi connectivity index (χ2n) is 7.38. The van der Waals surface area contributed by atoms with Crippen LogP contribution in [-0.2, 0) is 18.8 Å². The highest BCUT2D eigenvalue weighted by molar-refractivity contribution is 6.61. The van der Waals surface area contributed by atoms with E-state index in [-0.39, 0.29) is 24.4 Å². The number of cyclic esters (lactones) is 1. The van der Waals surface area contributed by atoms with Gasteiger partial charge in [-0.05, 0) is 12.1 Å². The van der Waals surface area contributed by atoms with Gasteiger partial charge in [0.15, 0.2) is 0 Å². The molecule has 26 heavy (non-hydrogen) atoms. The minimum atomic E-state index is -0.755. The first-order valence-electron chi connectivity index (χ1n) is 8.50. The van der Waals surface area contributed by atoms with Crippen LogP contribution in [-0.4, -0.2) is 51.5 Å². The van der Waals surface area contributed by atoms with Gasteiger partial charge in [-0.1, -0.05) is 19.9 Å². The molecule has 140 valence electrons. The lowest BCUT2D eigenvalue weighted by Gasteiger charge is -2.33. The Kier molecular flexibility index (Phi) is 5.20. The molecule has 2 aliphatic heterocycles. The molecule has 1 atom stereocenters. The second kappa shape index (κ2) is 7.24. The van der Waals surface area contributed by atoms with Crippen molar-refractivity contribution >= 4 is 30.3 Å². The Balaban J connectivity index is 1.68. The molecule has 2 fully saturated rings. The number of ether oxygens (including phenoxy) is 1. The summed E-state index contributed by atoms with van der Waals surface area (Å²) in [6, 6.07) is 4.46. The van der Waals surface area contributed by atoms with E-state index in [0.717, 1.165) is 0 Å². The zero-order valence-corrected chi connectivity index (χ0v) is 15.1. The van der Waals surface area contributed by atoms with E-state index in [1.807, 2.05) is 13.8 Å². The summed E-state index contributed by atoms with van der Waals surface area (Å²) in [6.45, 7) is 6.82. The number of halogens is 1. The molecular formula is C17H22BFN2O5. The number of hydrogen-bond donors (Lipinski definition) is 1. The predicted molar refractivity (Wildman–Crippen MR) is 93.8 cm³/mol. The lowest BCUT2D eigenvalue weighted by atomic mass is 9.75. The Morgan fingerprint density at radius 2 is 2.08 bits per heavy atom. The van der Waals surface area contributed by atoms with E-state index < -0.39 is 25.1 Å². The van der Waals surface area contributed by atoms with Crippen molar-refractivity contribution in [1.82, 2.24) is 5.32 Å². The van der Waals surface area contributed by atoms with Gasteiger partial charge < -0.3 is 19.4 Å². The van der Waals surface area contributed by atoms with Gasteiger partial charge in [0.25, 0.3) is 0 Å². The van der Waals surface area contributed by atoms with Crippen LogP contribution in [0.1, 0.15) is 20.8 Å².